The van der Waals surface area contributed by atoms with Gasteiger partial charge < -0.3 is 15.0 Å². The first-order valence-electron chi connectivity index (χ1n) is 7.91. The van der Waals surface area contributed by atoms with Crippen LogP contribution in [0.15, 0.2) is 29.5 Å². The van der Waals surface area contributed by atoms with Gasteiger partial charge >= 0.3 is 0 Å². The van der Waals surface area contributed by atoms with E-state index in [4.69, 9.17) is 4.74 Å². The Bertz CT molecular complexity index is 718. The van der Waals surface area contributed by atoms with E-state index in [-0.39, 0.29) is 12.4 Å². The van der Waals surface area contributed by atoms with Gasteiger partial charge in [-0.15, -0.1) is 0 Å². The molecule has 0 unspecified atom stereocenters. The predicted molar refractivity (Wildman–Crippen MR) is 90.3 cm³/mol. The number of aryl methyl sites for hydroxylation is 1. The average molecular weight is 352 g/mol. The number of nitrogens with one attached hydrogen (secondary N) is 1. The molecule has 9 heteroatoms. The van der Waals surface area contributed by atoms with Gasteiger partial charge in [0, 0.05) is 26.7 Å². The van der Waals surface area contributed by atoms with Crippen LogP contribution in [0.4, 0.5) is 8.78 Å². The molecule has 0 fully saturated rings. The van der Waals surface area contributed by atoms with Crippen molar-refractivity contribution in [3.63, 3.8) is 0 Å². The van der Waals surface area contributed by atoms with Crippen molar-refractivity contribution < 1.29 is 13.5 Å². The molecule has 136 valence electrons. The first-order valence-corrected chi connectivity index (χ1v) is 7.91. The van der Waals surface area contributed by atoms with Crippen molar-refractivity contribution in [2.75, 3.05) is 26.7 Å². The molecular weight excluding hydrogens is 330 g/mol. The maximum absolute atomic E-state index is 13.1. The molecule has 0 aliphatic carbocycles. The molecule has 0 saturated carbocycles. The summed E-state index contributed by atoms with van der Waals surface area (Å²) in [5.74, 6) is -0.0555. The summed E-state index contributed by atoms with van der Waals surface area (Å²) >= 11 is 0. The van der Waals surface area contributed by atoms with Crippen molar-refractivity contribution in [3.05, 3.63) is 42.0 Å². The van der Waals surface area contributed by atoms with Crippen molar-refractivity contribution in [1.29, 1.82) is 0 Å². The van der Waals surface area contributed by atoms with Gasteiger partial charge in [-0.1, -0.05) is 0 Å². The summed E-state index contributed by atoms with van der Waals surface area (Å²) in [4.78, 5) is 10.6. The van der Waals surface area contributed by atoms with E-state index >= 15 is 0 Å². The maximum Gasteiger partial charge on any atom is 0.194 e. The molecule has 0 saturated heterocycles. The lowest BCUT2D eigenvalue weighted by molar-refractivity contribution is 0.324. The number of aliphatic imine (C=N–C) groups is 1. The second kappa shape index (κ2) is 8.95. The zero-order valence-electron chi connectivity index (χ0n) is 14.5. The van der Waals surface area contributed by atoms with Crippen molar-refractivity contribution in [1.82, 2.24) is 25.0 Å². The van der Waals surface area contributed by atoms with E-state index in [1.807, 2.05) is 25.9 Å². The Hall–Kier alpha value is -2.71. The molecule has 0 aliphatic heterocycles. The number of benzene rings is 1. The van der Waals surface area contributed by atoms with Crippen LogP contribution in [0.5, 0.6) is 5.75 Å². The van der Waals surface area contributed by atoms with Gasteiger partial charge in [-0.2, -0.15) is 5.10 Å². The van der Waals surface area contributed by atoms with Gasteiger partial charge in [0.05, 0.1) is 13.1 Å². The third kappa shape index (κ3) is 5.40. The zero-order chi connectivity index (χ0) is 18.2. The number of ether oxygens (including phenoxy) is 1. The van der Waals surface area contributed by atoms with Crippen LogP contribution < -0.4 is 10.1 Å². The fraction of sp³-hybridized carbons (Fsp3) is 0.438. The monoisotopic (exact) mass is 352 g/mol. The second-order valence-electron chi connectivity index (χ2n) is 5.32. The molecule has 1 heterocycles. The first kappa shape index (κ1) is 18.6. The molecule has 1 N–H and O–H groups in total. The highest BCUT2D eigenvalue weighted by Crippen LogP contribution is 2.15. The van der Waals surface area contributed by atoms with Crippen LogP contribution in [-0.2, 0) is 13.6 Å². The van der Waals surface area contributed by atoms with Crippen molar-refractivity contribution in [3.8, 4) is 5.75 Å². The third-order valence-electron chi connectivity index (χ3n) is 3.39. The molecule has 0 aliphatic rings. The maximum atomic E-state index is 13.1. The lowest BCUT2D eigenvalue weighted by Crippen LogP contribution is -2.39. The Morgan fingerprint density at radius 1 is 1.36 bits per heavy atom. The molecule has 0 amide bonds. The first-order chi connectivity index (χ1) is 12.0. The molecule has 7 nitrogen and oxygen atoms in total. The lowest BCUT2D eigenvalue weighted by Gasteiger charge is -2.21. The van der Waals surface area contributed by atoms with E-state index in [1.54, 1.807) is 4.68 Å². The fourth-order valence-corrected chi connectivity index (χ4v) is 2.10. The van der Waals surface area contributed by atoms with Crippen LogP contribution in [0.2, 0.25) is 0 Å². The van der Waals surface area contributed by atoms with Crippen LogP contribution in [0, 0.1) is 11.6 Å². The third-order valence-corrected chi connectivity index (χ3v) is 3.39. The molecule has 0 spiro atoms. The van der Waals surface area contributed by atoms with E-state index in [1.165, 1.54) is 12.4 Å². The highest BCUT2D eigenvalue weighted by atomic mass is 19.2. The quantitative estimate of drug-likeness (QED) is 0.465. The molecule has 0 atom stereocenters. The number of hydrogen-bond acceptors (Lipinski definition) is 4. The van der Waals surface area contributed by atoms with Crippen molar-refractivity contribution >= 4 is 5.96 Å². The van der Waals surface area contributed by atoms with Gasteiger partial charge in [0.2, 0.25) is 0 Å². The molecule has 2 aromatic rings. The number of aromatic nitrogens is 3. The summed E-state index contributed by atoms with van der Waals surface area (Å²) in [5, 5.41) is 7.22. The molecular formula is C16H22F2N6O. The van der Waals surface area contributed by atoms with Crippen LogP contribution in [0.3, 0.4) is 0 Å². The SMILES string of the molecule is CCNC(=NCCOc1ccc(F)c(F)c1)N(C)Cc1ncnn1C. The Morgan fingerprint density at radius 3 is 2.80 bits per heavy atom. The van der Waals surface area contributed by atoms with E-state index < -0.39 is 11.6 Å². The van der Waals surface area contributed by atoms with E-state index in [9.17, 15) is 8.78 Å². The van der Waals surface area contributed by atoms with Crippen LogP contribution in [-0.4, -0.2) is 52.4 Å². The van der Waals surface area contributed by atoms with Gasteiger partial charge in [-0.05, 0) is 19.1 Å². The molecule has 1 aromatic heterocycles. The minimum atomic E-state index is -0.933. The van der Waals surface area contributed by atoms with Crippen LogP contribution in [0.1, 0.15) is 12.7 Å². The average Bonchev–Trinajstić information content (AvgIpc) is 2.98. The van der Waals surface area contributed by atoms with Gasteiger partial charge in [0.25, 0.3) is 0 Å². The molecule has 0 bridgehead atoms. The summed E-state index contributed by atoms with van der Waals surface area (Å²) < 4.78 is 33.1. The minimum absolute atomic E-state index is 0.248. The molecule has 1 aromatic carbocycles. The Morgan fingerprint density at radius 2 is 2.16 bits per heavy atom. The van der Waals surface area contributed by atoms with Crippen LogP contribution >= 0.6 is 0 Å². The van der Waals surface area contributed by atoms with Gasteiger partial charge in [-0.3, -0.25) is 4.68 Å². The largest absolute Gasteiger partial charge is 0.492 e. The van der Waals surface area contributed by atoms with Gasteiger partial charge in [-0.25, -0.2) is 18.8 Å². The smallest absolute Gasteiger partial charge is 0.194 e. The summed E-state index contributed by atoms with van der Waals surface area (Å²) in [6, 6.07) is 3.44. The number of rotatable bonds is 7. The van der Waals surface area contributed by atoms with Gasteiger partial charge in [0.15, 0.2) is 17.6 Å². The highest BCUT2D eigenvalue weighted by molar-refractivity contribution is 5.79. The normalized spacial score (nSPS) is 11.5. The number of halogens is 2. The zero-order valence-corrected chi connectivity index (χ0v) is 14.5. The summed E-state index contributed by atoms with van der Waals surface area (Å²) in [7, 11) is 3.72. The Balaban J connectivity index is 1.90. The molecule has 2 rings (SSSR count). The van der Waals surface area contributed by atoms with E-state index in [2.05, 4.69) is 20.4 Å². The molecule has 25 heavy (non-hydrogen) atoms. The number of guanidine groups is 1. The van der Waals surface area contributed by atoms with Crippen molar-refractivity contribution in [2.24, 2.45) is 12.0 Å². The second-order valence-corrected chi connectivity index (χ2v) is 5.32. The van der Waals surface area contributed by atoms with Crippen molar-refractivity contribution in [2.45, 2.75) is 13.5 Å². The lowest BCUT2D eigenvalue weighted by atomic mass is 10.3. The van der Waals surface area contributed by atoms with Crippen LogP contribution in [0.25, 0.3) is 0 Å². The Labute approximate surface area is 145 Å². The topological polar surface area (TPSA) is 67.6 Å². The Kier molecular flexibility index (Phi) is 6.67. The predicted octanol–water partition coefficient (Wildman–Crippen LogP) is 1.57. The van der Waals surface area contributed by atoms with Gasteiger partial charge in [0.1, 0.15) is 24.5 Å². The summed E-state index contributed by atoms with van der Waals surface area (Å²) in [6.45, 7) is 3.85. The standard InChI is InChI=1S/C16H22F2N6O/c1-4-19-16(23(2)10-15-21-11-22-24(15)3)20-7-8-25-12-5-6-13(17)14(18)9-12/h5-6,9,11H,4,7-8,10H2,1-3H3,(H,19,20). The summed E-state index contributed by atoms with van der Waals surface area (Å²) in [5.41, 5.74) is 0. The fourth-order valence-electron chi connectivity index (χ4n) is 2.10. The minimum Gasteiger partial charge on any atom is -0.492 e. The van der Waals surface area contributed by atoms with E-state index in [0.717, 1.165) is 18.0 Å². The summed E-state index contributed by atoms with van der Waals surface area (Å²) in [6.07, 6.45) is 1.50. The highest BCUT2D eigenvalue weighted by Gasteiger charge is 2.10. The van der Waals surface area contributed by atoms with E-state index in [0.29, 0.717) is 25.6 Å². The number of hydrogen-bond donors (Lipinski definition) is 1. The number of nitrogens with zero attached hydrogens (tertiary/aromatic N) is 5. The molecule has 0 radical (unpaired) electrons.